The number of primary amides is 1. The molecule has 0 radical (unpaired) electrons. The number of likely N-dealkylation sites (tertiary alicyclic amines) is 1. The number of hydrogen-bond donors (Lipinski definition) is 5. The third-order valence-corrected chi connectivity index (χ3v) is 6.43. The number of amides is 4. The molecule has 0 aromatic carbocycles. The SMILES string of the molecule is CCC(C)C(NC(=O)C1CCCN1C(=O)C(NC(=O)C(N)CCC(N)=O)C(C)CC)C(=O)O. The Bertz CT molecular complexity index is 730. The molecule has 188 valence electrons. The second kappa shape index (κ2) is 13.1. The topological polar surface area (TPSA) is 185 Å². The van der Waals surface area contributed by atoms with E-state index in [1.165, 1.54) is 4.90 Å². The van der Waals surface area contributed by atoms with Crippen LogP contribution in [-0.4, -0.2) is 70.3 Å². The smallest absolute Gasteiger partial charge is 0.326 e. The molecule has 0 aliphatic carbocycles. The van der Waals surface area contributed by atoms with E-state index >= 15 is 0 Å². The molecule has 1 rings (SSSR count). The zero-order valence-corrected chi connectivity index (χ0v) is 20.0. The van der Waals surface area contributed by atoms with E-state index in [4.69, 9.17) is 11.5 Å². The first-order valence-electron chi connectivity index (χ1n) is 11.6. The highest BCUT2D eigenvalue weighted by molar-refractivity contribution is 5.94. The zero-order valence-electron chi connectivity index (χ0n) is 20.0. The van der Waals surface area contributed by atoms with Gasteiger partial charge in [-0.1, -0.05) is 40.5 Å². The molecule has 11 nitrogen and oxygen atoms in total. The van der Waals surface area contributed by atoms with Gasteiger partial charge in [-0.05, 0) is 31.1 Å². The Hall–Kier alpha value is -2.69. The highest BCUT2D eigenvalue weighted by atomic mass is 16.4. The normalized spacial score (nSPS) is 20.3. The lowest BCUT2D eigenvalue weighted by Gasteiger charge is -2.32. The number of carboxylic acid groups (broad SMARTS) is 1. The van der Waals surface area contributed by atoms with Gasteiger partial charge < -0.3 is 32.1 Å². The molecule has 0 saturated carbocycles. The number of rotatable bonds is 13. The lowest BCUT2D eigenvalue weighted by Crippen LogP contribution is -2.58. The molecule has 6 unspecified atom stereocenters. The standard InChI is InChI=1S/C22H39N5O6/c1-5-12(3)17(25-19(29)14(23)9-10-16(24)28)21(31)27-11-7-8-15(27)20(30)26-18(22(32)33)13(4)6-2/h12-15,17-18H,5-11,23H2,1-4H3,(H2,24,28)(H,25,29)(H,26,30)(H,32,33). The van der Waals surface area contributed by atoms with E-state index in [1.54, 1.807) is 6.92 Å². The second-order valence-electron chi connectivity index (χ2n) is 8.88. The van der Waals surface area contributed by atoms with Crippen LogP contribution in [-0.2, 0) is 24.0 Å². The number of nitrogens with one attached hydrogen (secondary N) is 2. The van der Waals surface area contributed by atoms with Crippen molar-refractivity contribution in [2.45, 2.75) is 90.4 Å². The number of nitrogens with two attached hydrogens (primary N) is 2. The van der Waals surface area contributed by atoms with Gasteiger partial charge in [-0.25, -0.2) is 4.79 Å². The largest absolute Gasteiger partial charge is 0.480 e. The maximum atomic E-state index is 13.4. The summed E-state index contributed by atoms with van der Waals surface area (Å²) in [5.74, 6) is -3.70. The maximum absolute atomic E-state index is 13.4. The molecule has 33 heavy (non-hydrogen) atoms. The number of hydrogen-bond acceptors (Lipinski definition) is 6. The molecular formula is C22H39N5O6. The number of carboxylic acids is 1. The second-order valence-corrected chi connectivity index (χ2v) is 8.88. The fourth-order valence-electron chi connectivity index (χ4n) is 3.79. The first kappa shape index (κ1) is 28.3. The van der Waals surface area contributed by atoms with E-state index in [2.05, 4.69) is 10.6 Å². The fourth-order valence-corrected chi connectivity index (χ4v) is 3.79. The Morgan fingerprint density at radius 1 is 1.03 bits per heavy atom. The summed E-state index contributed by atoms with van der Waals surface area (Å²) in [6.45, 7) is 7.60. The highest BCUT2D eigenvalue weighted by Gasteiger charge is 2.40. The minimum absolute atomic E-state index is 0.0498. The molecular weight excluding hydrogens is 430 g/mol. The molecule has 0 aromatic rings. The Labute approximate surface area is 195 Å². The van der Waals surface area contributed by atoms with Crippen molar-refractivity contribution in [3.63, 3.8) is 0 Å². The molecule has 1 aliphatic rings. The average molecular weight is 470 g/mol. The van der Waals surface area contributed by atoms with E-state index in [0.29, 0.717) is 32.2 Å². The Morgan fingerprint density at radius 2 is 1.61 bits per heavy atom. The van der Waals surface area contributed by atoms with Gasteiger partial charge in [0.05, 0.1) is 6.04 Å². The third kappa shape index (κ3) is 7.99. The van der Waals surface area contributed by atoms with Crippen LogP contribution in [0.4, 0.5) is 0 Å². The van der Waals surface area contributed by atoms with Gasteiger partial charge >= 0.3 is 5.97 Å². The molecule has 1 fully saturated rings. The molecule has 1 saturated heterocycles. The maximum Gasteiger partial charge on any atom is 0.326 e. The van der Waals surface area contributed by atoms with Gasteiger partial charge in [0.25, 0.3) is 0 Å². The number of carbonyl (C=O) groups is 5. The average Bonchev–Trinajstić information content (AvgIpc) is 3.27. The van der Waals surface area contributed by atoms with Crippen LogP contribution < -0.4 is 22.1 Å². The monoisotopic (exact) mass is 469 g/mol. The summed E-state index contributed by atoms with van der Waals surface area (Å²) in [7, 11) is 0. The number of nitrogens with zero attached hydrogens (tertiary/aromatic N) is 1. The molecule has 1 aliphatic heterocycles. The van der Waals surface area contributed by atoms with Crippen LogP contribution in [0, 0.1) is 11.8 Å². The molecule has 1 heterocycles. The summed E-state index contributed by atoms with van der Waals surface area (Å²) >= 11 is 0. The molecule has 6 atom stereocenters. The summed E-state index contributed by atoms with van der Waals surface area (Å²) in [6.07, 6.45) is 2.17. The van der Waals surface area contributed by atoms with Gasteiger partial charge in [-0.2, -0.15) is 0 Å². The van der Waals surface area contributed by atoms with Crippen molar-refractivity contribution in [3.8, 4) is 0 Å². The Kier molecular flexibility index (Phi) is 11.3. The van der Waals surface area contributed by atoms with Crippen LogP contribution in [0.3, 0.4) is 0 Å². The van der Waals surface area contributed by atoms with E-state index < -0.39 is 53.8 Å². The first-order valence-corrected chi connectivity index (χ1v) is 11.6. The molecule has 0 spiro atoms. The van der Waals surface area contributed by atoms with Crippen LogP contribution in [0.15, 0.2) is 0 Å². The van der Waals surface area contributed by atoms with Crippen LogP contribution >= 0.6 is 0 Å². The van der Waals surface area contributed by atoms with Crippen molar-refractivity contribution >= 4 is 29.6 Å². The van der Waals surface area contributed by atoms with E-state index in [1.807, 2.05) is 20.8 Å². The Morgan fingerprint density at radius 3 is 2.12 bits per heavy atom. The predicted octanol–water partition coefficient (Wildman–Crippen LogP) is -0.283. The molecule has 11 heteroatoms. The molecule has 0 aromatic heterocycles. The third-order valence-electron chi connectivity index (χ3n) is 6.43. The van der Waals surface area contributed by atoms with Gasteiger partial charge in [0.1, 0.15) is 18.1 Å². The summed E-state index contributed by atoms with van der Waals surface area (Å²) in [4.78, 5) is 62.8. The van der Waals surface area contributed by atoms with Crippen molar-refractivity contribution in [3.05, 3.63) is 0 Å². The van der Waals surface area contributed by atoms with Crippen molar-refractivity contribution in [1.82, 2.24) is 15.5 Å². The minimum atomic E-state index is -1.12. The van der Waals surface area contributed by atoms with Gasteiger partial charge in [0, 0.05) is 13.0 Å². The van der Waals surface area contributed by atoms with Crippen molar-refractivity contribution in [1.29, 1.82) is 0 Å². The summed E-state index contributed by atoms with van der Waals surface area (Å²) in [5, 5.41) is 14.7. The molecule has 7 N–H and O–H groups in total. The van der Waals surface area contributed by atoms with Gasteiger partial charge in [-0.3, -0.25) is 19.2 Å². The Balaban J connectivity index is 2.98. The lowest BCUT2D eigenvalue weighted by atomic mass is 9.96. The predicted molar refractivity (Wildman–Crippen MR) is 122 cm³/mol. The van der Waals surface area contributed by atoms with Gasteiger partial charge in [0.15, 0.2) is 0 Å². The van der Waals surface area contributed by atoms with Gasteiger partial charge in [0.2, 0.25) is 23.6 Å². The van der Waals surface area contributed by atoms with Gasteiger partial charge in [-0.15, -0.1) is 0 Å². The fraction of sp³-hybridized carbons (Fsp3) is 0.773. The number of aliphatic carboxylic acids is 1. The zero-order chi connectivity index (χ0) is 25.3. The summed E-state index contributed by atoms with van der Waals surface area (Å²) < 4.78 is 0. The molecule has 4 amide bonds. The summed E-state index contributed by atoms with van der Waals surface area (Å²) in [6, 6.07) is -3.76. The van der Waals surface area contributed by atoms with Crippen LogP contribution in [0.25, 0.3) is 0 Å². The highest BCUT2D eigenvalue weighted by Crippen LogP contribution is 2.22. The summed E-state index contributed by atoms with van der Waals surface area (Å²) in [5.41, 5.74) is 11.0. The van der Waals surface area contributed by atoms with E-state index in [-0.39, 0.29) is 24.7 Å². The first-order chi connectivity index (χ1) is 15.4. The molecule has 0 bridgehead atoms. The van der Waals surface area contributed by atoms with Crippen LogP contribution in [0.1, 0.15) is 66.2 Å². The van der Waals surface area contributed by atoms with Crippen LogP contribution in [0.2, 0.25) is 0 Å². The quantitative estimate of drug-likeness (QED) is 0.245. The van der Waals surface area contributed by atoms with Crippen molar-refractivity contribution < 1.29 is 29.1 Å². The van der Waals surface area contributed by atoms with Crippen molar-refractivity contribution in [2.75, 3.05) is 6.54 Å². The minimum Gasteiger partial charge on any atom is -0.480 e. The number of carbonyl (C=O) groups excluding carboxylic acids is 4. The van der Waals surface area contributed by atoms with E-state index in [9.17, 15) is 29.1 Å². The van der Waals surface area contributed by atoms with E-state index in [0.717, 1.165) is 0 Å². The lowest BCUT2D eigenvalue weighted by molar-refractivity contribution is -0.146. The van der Waals surface area contributed by atoms with Crippen molar-refractivity contribution in [2.24, 2.45) is 23.3 Å². The van der Waals surface area contributed by atoms with Crippen LogP contribution in [0.5, 0.6) is 0 Å².